The van der Waals surface area contributed by atoms with Gasteiger partial charge in [0.1, 0.15) is 5.75 Å². The second kappa shape index (κ2) is 11.1. The highest BCUT2D eigenvalue weighted by atomic mass is 28.4. The van der Waals surface area contributed by atoms with E-state index in [0.717, 1.165) is 11.3 Å². The van der Waals surface area contributed by atoms with Crippen LogP contribution in [0.3, 0.4) is 0 Å². The first kappa shape index (κ1) is 26.8. The van der Waals surface area contributed by atoms with E-state index < -0.39 is 8.32 Å². The molecule has 0 aliphatic carbocycles. The first-order valence-electron chi connectivity index (χ1n) is 11.8. The van der Waals surface area contributed by atoms with E-state index in [-0.39, 0.29) is 41.3 Å². The van der Waals surface area contributed by atoms with Crippen molar-refractivity contribution >= 4 is 8.32 Å². The van der Waals surface area contributed by atoms with Gasteiger partial charge in [-0.1, -0.05) is 78.5 Å². The molecule has 180 valence electrons. The summed E-state index contributed by atoms with van der Waals surface area (Å²) in [6.07, 6.45) is 5.76. The Morgan fingerprint density at radius 2 is 1.78 bits per heavy atom. The van der Waals surface area contributed by atoms with E-state index in [0.29, 0.717) is 6.61 Å². The average Bonchev–Trinajstić information content (AvgIpc) is 2.75. The molecule has 5 heteroatoms. The van der Waals surface area contributed by atoms with Crippen LogP contribution in [-0.2, 0) is 13.9 Å². The van der Waals surface area contributed by atoms with Crippen molar-refractivity contribution in [1.29, 1.82) is 0 Å². The number of rotatable bonds is 9. The summed E-state index contributed by atoms with van der Waals surface area (Å²) in [5.41, 5.74) is 1.01. The molecule has 1 saturated heterocycles. The maximum atomic E-state index is 7.01. The van der Waals surface area contributed by atoms with Gasteiger partial charge in [-0.15, -0.1) is 0 Å². The maximum absolute atomic E-state index is 7.01. The van der Waals surface area contributed by atoms with E-state index >= 15 is 0 Å². The van der Waals surface area contributed by atoms with Crippen molar-refractivity contribution in [3.05, 3.63) is 54.6 Å². The van der Waals surface area contributed by atoms with E-state index in [2.05, 4.69) is 67.3 Å². The summed E-state index contributed by atoms with van der Waals surface area (Å²) in [6.45, 7) is 22.7. The van der Waals surface area contributed by atoms with E-state index in [1.165, 1.54) is 0 Å². The number of hydrogen-bond donors (Lipinski definition) is 0. The Morgan fingerprint density at radius 3 is 2.31 bits per heavy atom. The van der Waals surface area contributed by atoms with Crippen LogP contribution < -0.4 is 4.74 Å². The summed E-state index contributed by atoms with van der Waals surface area (Å²) >= 11 is 0. The summed E-state index contributed by atoms with van der Waals surface area (Å²) in [7, 11) is -0.297. The topological polar surface area (TPSA) is 36.9 Å². The third kappa shape index (κ3) is 6.57. The summed E-state index contributed by atoms with van der Waals surface area (Å²) in [4.78, 5) is 0. The van der Waals surface area contributed by atoms with Crippen LogP contribution in [0.15, 0.2) is 49.1 Å². The smallest absolute Gasteiger partial charge is 0.192 e. The lowest BCUT2D eigenvalue weighted by atomic mass is 9.83. The molecule has 0 unspecified atom stereocenters. The summed E-state index contributed by atoms with van der Waals surface area (Å²) in [5.74, 6) is 1.55. The number of hydrogen-bond acceptors (Lipinski definition) is 4. The van der Waals surface area contributed by atoms with E-state index in [9.17, 15) is 0 Å². The number of ether oxygens (including phenoxy) is 3. The molecular weight excluding hydrogens is 416 g/mol. The molecule has 1 aromatic carbocycles. The molecule has 1 fully saturated rings. The Kier molecular flexibility index (Phi) is 9.35. The standard InChI is InChI=1S/C27H44O4Si/c1-11-12-13-19(2)25(31-32(9,10)27(5,6)7)21(4)24-20(3)18-29-26(30-24)22-14-16-23(28-8)17-15-22/h11-17,19-21,24-26H,1,18H2,2-10H3/b13-12-/t19-,20-,21-,24+,25-,26+/m0/s1. The summed E-state index contributed by atoms with van der Waals surface area (Å²) in [6, 6.07) is 7.93. The molecule has 2 rings (SSSR count). The van der Waals surface area contributed by atoms with Gasteiger partial charge in [0, 0.05) is 17.4 Å². The molecule has 0 bridgehead atoms. The first-order chi connectivity index (χ1) is 14.9. The van der Waals surface area contributed by atoms with Crippen LogP contribution in [0.2, 0.25) is 18.1 Å². The maximum Gasteiger partial charge on any atom is 0.192 e. The van der Waals surface area contributed by atoms with Crippen LogP contribution in [0.4, 0.5) is 0 Å². The van der Waals surface area contributed by atoms with Crippen LogP contribution in [0, 0.1) is 17.8 Å². The van der Waals surface area contributed by atoms with Crippen LogP contribution in [0.25, 0.3) is 0 Å². The third-order valence-corrected chi connectivity index (χ3v) is 11.6. The van der Waals surface area contributed by atoms with Crippen molar-refractivity contribution in [2.75, 3.05) is 13.7 Å². The molecule has 32 heavy (non-hydrogen) atoms. The summed E-state index contributed by atoms with van der Waals surface area (Å²) in [5, 5.41) is 0.140. The quantitative estimate of drug-likeness (QED) is 0.290. The molecule has 0 radical (unpaired) electrons. The molecule has 0 N–H and O–H groups in total. The van der Waals surface area contributed by atoms with Crippen LogP contribution >= 0.6 is 0 Å². The molecule has 1 aliphatic rings. The minimum absolute atomic E-state index is 0.0326. The van der Waals surface area contributed by atoms with Crippen molar-refractivity contribution in [2.24, 2.45) is 17.8 Å². The molecule has 1 aliphatic heterocycles. The minimum Gasteiger partial charge on any atom is -0.497 e. The predicted molar refractivity (Wildman–Crippen MR) is 135 cm³/mol. The zero-order chi connectivity index (χ0) is 24.1. The lowest BCUT2D eigenvalue weighted by Crippen LogP contribution is -2.51. The SMILES string of the molecule is C=C/C=C\[C@H](C)[C@H](O[Si](C)(C)C(C)(C)C)[C@@H](C)[C@@H]1O[C@H](c2ccc(OC)cc2)OC[C@@H]1C. The largest absolute Gasteiger partial charge is 0.497 e. The van der Waals surface area contributed by atoms with Gasteiger partial charge in [-0.2, -0.15) is 0 Å². The van der Waals surface area contributed by atoms with Crippen molar-refractivity contribution in [1.82, 2.24) is 0 Å². The molecule has 6 atom stereocenters. The van der Waals surface area contributed by atoms with Gasteiger partial charge in [0.05, 0.1) is 25.9 Å². The van der Waals surface area contributed by atoms with Gasteiger partial charge in [0.2, 0.25) is 0 Å². The zero-order valence-electron chi connectivity index (χ0n) is 21.6. The van der Waals surface area contributed by atoms with Gasteiger partial charge >= 0.3 is 0 Å². The highest BCUT2D eigenvalue weighted by molar-refractivity contribution is 6.74. The highest BCUT2D eigenvalue weighted by Gasteiger charge is 2.44. The second-order valence-corrected chi connectivity index (χ2v) is 15.5. The van der Waals surface area contributed by atoms with Crippen molar-refractivity contribution < 1.29 is 18.6 Å². The fourth-order valence-corrected chi connectivity index (χ4v) is 5.45. The predicted octanol–water partition coefficient (Wildman–Crippen LogP) is 7.15. The Bertz CT molecular complexity index is 750. The van der Waals surface area contributed by atoms with E-state index in [4.69, 9.17) is 18.6 Å². The van der Waals surface area contributed by atoms with Gasteiger partial charge in [-0.05, 0) is 36.2 Å². The Balaban J connectivity index is 2.28. The van der Waals surface area contributed by atoms with E-state index in [1.54, 1.807) is 7.11 Å². The van der Waals surface area contributed by atoms with Gasteiger partial charge < -0.3 is 18.6 Å². The molecule has 0 aromatic heterocycles. The van der Waals surface area contributed by atoms with Crippen LogP contribution in [-0.4, -0.2) is 34.2 Å². The lowest BCUT2D eigenvalue weighted by molar-refractivity contribution is -0.256. The Morgan fingerprint density at radius 1 is 1.16 bits per heavy atom. The minimum atomic E-state index is -1.97. The van der Waals surface area contributed by atoms with Gasteiger partial charge in [-0.25, -0.2) is 0 Å². The monoisotopic (exact) mass is 460 g/mol. The molecule has 0 spiro atoms. The number of allylic oxidation sites excluding steroid dienone is 2. The molecule has 4 nitrogen and oxygen atoms in total. The molecule has 0 saturated carbocycles. The molecular formula is C27H44O4Si. The first-order valence-corrected chi connectivity index (χ1v) is 14.7. The third-order valence-electron chi connectivity index (χ3n) is 7.08. The van der Waals surface area contributed by atoms with Gasteiger partial charge in [0.25, 0.3) is 0 Å². The molecule has 1 aromatic rings. The van der Waals surface area contributed by atoms with Crippen LogP contribution in [0.5, 0.6) is 5.75 Å². The van der Waals surface area contributed by atoms with Crippen molar-refractivity contribution in [2.45, 2.75) is 78.2 Å². The van der Waals surface area contributed by atoms with Gasteiger partial charge in [-0.3, -0.25) is 0 Å². The fraction of sp³-hybridized carbons (Fsp3) is 0.630. The second-order valence-electron chi connectivity index (χ2n) is 10.7. The van der Waals surface area contributed by atoms with Gasteiger partial charge in [0.15, 0.2) is 14.6 Å². The van der Waals surface area contributed by atoms with Crippen molar-refractivity contribution in [3.63, 3.8) is 0 Å². The fourth-order valence-electron chi connectivity index (χ4n) is 3.99. The average molecular weight is 461 g/mol. The van der Waals surface area contributed by atoms with E-state index in [1.807, 2.05) is 36.4 Å². The highest BCUT2D eigenvalue weighted by Crippen LogP contribution is 2.42. The Hall–Kier alpha value is -1.40. The van der Waals surface area contributed by atoms with Crippen LogP contribution in [0.1, 0.15) is 53.4 Å². The number of methoxy groups -OCH3 is 1. The molecule has 1 heterocycles. The Labute approximate surface area is 197 Å². The van der Waals surface area contributed by atoms with Crippen molar-refractivity contribution in [3.8, 4) is 5.75 Å². The molecule has 0 amide bonds. The summed E-state index contributed by atoms with van der Waals surface area (Å²) < 4.78 is 25.0. The number of benzene rings is 1. The normalized spacial score (nSPS) is 25.3. The lowest BCUT2D eigenvalue weighted by Gasteiger charge is -2.46. The zero-order valence-corrected chi connectivity index (χ0v) is 22.6.